The standard InChI is InChI=1S/C21H19F3N2O4/c1-11-5-4-6-15(12(11)2)20(29)30-13(3)19(28)26-10-18(27)25-16-9-14(21(22,23)24)7-8-17(16)26/h4-9,13H,10H2,1-3H3,(H,25,27)/t13-/m1/s1. The van der Waals surface area contributed by atoms with E-state index in [0.717, 1.165) is 28.7 Å². The van der Waals surface area contributed by atoms with Crippen molar-refractivity contribution >= 4 is 29.2 Å². The minimum atomic E-state index is -4.60. The number of alkyl halides is 3. The molecule has 0 fully saturated rings. The molecular formula is C21H19F3N2O4. The lowest BCUT2D eigenvalue weighted by Crippen LogP contribution is -2.47. The minimum Gasteiger partial charge on any atom is -0.449 e. The Kier molecular flexibility index (Phi) is 5.56. The predicted octanol–water partition coefficient (Wildman–Crippen LogP) is 3.85. The van der Waals surface area contributed by atoms with Crippen LogP contribution < -0.4 is 10.2 Å². The van der Waals surface area contributed by atoms with Crippen molar-refractivity contribution in [3.05, 3.63) is 58.7 Å². The summed E-state index contributed by atoms with van der Waals surface area (Å²) in [7, 11) is 0. The average molecular weight is 420 g/mol. The highest BCUT2D eigenvalue weighted by molar-refractivity contribution is 6.11. The Balaban J connectivity index is 1.84. The Morgan fingerprint density at radius 2 is 1.87 bits per heavy atom. The molecule has 0 spiro atoms. The molecule has 0 saturated heterocycles. The van der Waals surface area contributed by atoms with E-state index in [1.165, 1.54) is 6.92 Å². The maximum atomic E-state index is 13.0. The van der Waals surface area contributed by atoms with E-state index in [0.29, 0.717) is 11.1 Å². The summed E-state index contributed by atoms with van der Waals surface area (Å²) >= 11 is 0. The number of hydrogen-bond donors (Lipinski definition) is 1. The number of carbonyl (C=O) groups excluding carboxylic acids is 3. The number of anilines is 2. The summed E-state index contributed by atoms with van der Waals surface area (Å²) in [4.78, 5) is 38.3. The zero-order valence-corrected chi connectivity index (χ0v) is 16.5. The number of benzene rings is 2. The second kappa shape index (κ2) is 7.81. The molecular weight excluding hydrogens is 401 g/mol. The van der Waals surface area contributed by atoms with Gasteiger partial charge in [-0.15, -0.1) is 0 Å². The lowest BCUT2D eigenvalue weighted by molar-refractivity contribution is -0.137. The number of nitrogens with zero attached hydrogens (tertiary/aromatic N) is 1. The molecule has 1 aliphatic rings. The average Bonchev–Trinajstić information content (AvgIpc) is 2.67. The Labute approximate surface area is 170 Å². The quantitative estimate of drug-likeness (QED) is 0.766. The van der Waals surface area contributed by atoms with E-state index < -0.39 is 42.2 Å². The molecule has 0 aromatic heterocycles. The second-order valence-electron chi connectivity index (χ2n) is 7.00. The number of aryl methyl sites for hydroxylation is 1. The summed E-state index contributed by atoms with van der Waals surface area (Å²) in [6.07, 6.45) is -5.85. The molecule has 0 aliphatic carbocycles. The largest absolute Gasteiger partial charge is 0.449 e. The van der Waals surface area contributed by atoms with Gasteiger partial charge in [-0.1, -0.05) is 12.1 Å². The smallest absolute Gasteiger partial charge is 0.416 e. The van der Waals surface area contributed by atoms with Crippen LogP contribution in [0.3, 0.4) is 0 Å². The van der Waals surface area contributed by atoms with Crippen LogP contribution in [0.15, 0.2) is 36.4 Å². The van der Waals surface area contributed by atoms with Gasteiger partial charge in [-0.3, -0.25) is 14.5 Å². The first kappa shape index (κ1) is 21.4. The van der Waals surface area contributed by atoms with Crippen LogP contribution in [0, 0.1) is 13.8 Å². The molecule has 1 aliphatic heterocycles. The van der Waals surface area contributed by atoms with Gasteiger partial charge in [0, 0.05) is 0 Å². The maximum Gasteiger partial charge on any atom is 0.416 e. The van der Waals surface area contributed by atoms with Crippen molar-refractivity contribution < 1.29 is 32.3 Å². The van der Waals surface area contributed by atoms with Crippen molar-refractivity contribution in [1.29, 1.82) is 0 Å². The molecule has 2 amide bonds. The molecule has 0 radical (unpaired) electrons. The Morgan fingerprint density at radius 3 is 2.53 bits per heavy atom. The highest BCUT2D eigenvalue weighted by Crippen LogP contribution is 2.37. The molecule has 3 rings (SSSR count). The fourth-order valence-corrected chi connectivity index (χ4v) is 3.13. The number of rotatable bonds is 3. The lowest BCUT2D eigenvalue weighted by Gasteiger charge is -2.31. The Bertz CT molecular complexity index is 1030. The van der Waals surface area contributed by atoms with Gasteiger partial charge in [0.1, 0.15) is 6.54 Å². The topological polar surface area (TPSA) is 75.7 Å². The number of amides is 2. The Morgan fingerprint density at radius 1 is 1.17 bits per heavy atom. The zero-order valence-electron chi connectivity index (χ0n) is 16.5. The van der Waals surface area contributed by atoms with Crippen molar-refractivity contribution in [2.45, 2.75) is 33.1 Å². The van der Waals surface area contributed by atoms with Crippen LogP contribution in [0.25, 0.3) is 0 Å². The SMILES string of the molecule is Cc1cccc(C(=O)O[C@H](C)C(=O)N2CC(=O)Nc3cc(C(F)(F)F)ccc32)c1C. The van der Waals surface area contributed by atoms with Gasteiger partial charge in [-0.2, -0.15) is 13.2 Å². The van der Waals surface area contributed by atoms with Gasteiger partial charge in [0.15, 0.2) is 6.10 Å². The number of halogens is 3. The van der Waals surface area contributed by atoms with Crippen molar-refractivity contribution in [2.75, 3.05) is 16.8 Å². The number of nitrogens with one attached hydrogen (secondary N) is 1. The van der Waals surface area contributed by atoms with Gasteiger partial charge in [-0.25, -0.2) is 4.79 Å². The molecule has 1 N–H and O–H groups in total. The molecule has 30 heavy (non-hydrogen) atoms. The summed E-state index contributed by atoms with van der Waals surface area (Å²) in [5, 5.41) is 2.34. The van der Waals surface area contributed by atoms with Crippen molar-refractivity contribution in [2.24, 2.45) is 0 Å². The summed E-state index contributed by atoms with van der Waals surface area (Å²) in [5.41, 5.74) is 0.909. The van der Waals surface area contributed by atoms with Crippen LogP contribution >= 0.6 is 0 Å². The maximum absolute atomic E-state index is 13.0. The fourth-order valence-electron chi connectivity index (χ4n) is 3.13. The number of hydrogen-bond acceptors (Lipinski definition) is 4. The normalized spacial score (nSPS) is 14.6. The molecule has 9 heteroatoms. The first-order valence-electron chi connectivity index (χ1n) is 9.08. The molecule has 1 atom stereocenters. The van der Waals surface area contributed by atoms with E-state index in [1.807, 2.05) is 13.0 Å². The molecule has 1 heterocycles. The van der Waals surface area contributed by atoms with Crippen molar-refractivity contribution in [3.8, 4) is 0 Å². The monoisotopic (exact) mass is 420 g/mol. The third-order valence-electron chi connectivity index (χ3n) is 4.91. The highest BCUT2D eigenvalue weighted by Gasteiger charge is 2.35. The zero-order chi connectivity index (χ0) is 22.2. The summed E-state index contributed by atoms with van der Waals surface area (Å²) in [5.74, 6) is -2.07. The first-order chi connectivity index (χ1) is 14.0. The molecule has 0 saturated carbocycles. The van der Waals surface area contributed by atoms with Crippen LogP contribution in [-0.2, 0) is 20.5 Å². The third-order valence-corrected chi connectivity index (χ3v) is 4.91. The third kappa shape index (κ3) is 4.14. The van der Waals surface area contributed by atoms with Gasteiger partial charge in [-0.05, 0) is 56.2 Å². The number of fused-ring (bicyclic) bond motifs is 1. The number of esters is 1. The van der Waals surface area contributed by atoms with E-state index in [9.17, 15) is 27.6 Å². The molecule has 2 aromatic carbocycles. The number of ether oxygens (including phenoxy) is 1. The van der Waals surface area contributed by atoms with Gasteiger partial charge in [0.05, 0.1) is 22.5 Å². The van der Waals surface area contributed by atoms with E-state index in [4.69, 9.17) is 4.74 Å². The molecule has 0 unspecified atom stereocenters. The van der Waals surface area contributed by atoms with Crippen molar-refractivity contribution in [1.82, 2.24) is 0 Å². The predicted molar refractivity (Wildman–Crippen MR) is 103 cm³/mol. The van der Waals surface area contributed by atoms with Crippen molar-refractivity contribution in [3.63, 3.8) is 0 Å². The molecule has 158 valence electrons. The summed E-state index contributed by atoms with van der Waals surface area (Å²) in [6, 6.07) is 7.79. The summed E-state index contributed by atoms with van der Waals surface area (Å²) in [6.45, 7) is 4.53. The van der Waals surface area contributed by atoms with Crippen LogP contribution in [-0.4, -0.2) is 30.4 Å². The molecule has 0 bridgehead atoms. The second-order valence-corrected chi connectivity index (χ2v) is 7.00. The molecule has 2 aromatic rings. The Hall–Kier alpha value is -3.36. The fraction of sp³-hybridized carbons (Fsp3) is 0.286. The van der Waals surface area contributed by atoms with Crippen LogP contribution in [0.1, 0.15) is 34.0 Å². The first-order valence-corrected chi connectivity index (χ1v) is 9.08. The highest BCUT2D eigenvalue weighted by atomic mass is 19.4. The van der Waals surface area contributed by atoms with E-state index in [2.05, 4.69) is 5.32 Å². The number of carbonyl (C=O) groups is 3. The van der Waals surface area contributed by atoms with Gasteiger partial charge < -0.3 is 10.1 Å². The lowest BCUT2D eigenvalue weighted by atomic mass is 10.0. The summed E-state index contributed by atoms with van der Waals surface area (Å²) < 4.78 is 44.1. The van der Waals surface area contributed by atoms with E-state index >= 15 is 0 Å². The van der Waals surface area contributed by atoms with Crippen LogP contribution in [0.2, 0.25) is 0 Å². The van der Waals surface area contributed by atoms with Crippen LogP contribution in [0.5, 0.6) is 0 Å². The van der Waals surface area contributed by atoms with Gasteiger partial charge in [0.2, 0.25) is 5.91 Å². The van der Waals surface area contributed by atoms with Gasteiger partial charge >= 0.3 is 12.1 Å². The minimum absolute atomic E-state index is 0.0993. The van der Waals surface area contributed by atoms with E-state index in [1.54, 1.807) is 19.1 Å². The molecule has 6 nitrogen and oxygen atoms in total. The van der Waals surface area contributed by atoms with Crippen LogP contribution in [0.4, 0.5) is 24.5 Å². The van der Waals surface area contributed by atoms with E-state index in [-0.39, 0.29) is 11.4 Å². The van der Waals surface area contributed by atoms with Gasteiger partial charge in [0.25, 0.3) is 5.91 Å².